The molecule has 0 fully saturated rings. The Morgan fingerprint density at radius 2 is 1.41 bits per heavy atom. The highest BCUT2D eigenvalue weighted by Gasteiger charge is 2.18. The van der Waals surface area contributed by atoms with E-state index in [1.165, 1.54) is 5.56 Å². The molecule has 22 heavy (non-hydrogen) atoms. The van der Waals surface area contributed by atoms with Gasteiger partial charge in [0.1, 0.15) is 0 Å². The SMILES string of the molecule is CCC(NS(=O)(=O)Cc1ccc(C)cc1)c1ccc(C)cc1. The molecule has 0 radical (unpaired) electrons. The van der Waals surface area contributed by atoms with Gasteiger partial charge >= 0.3 is 0 Å². The van der Waals surface area contributed by atoms with Gasteiger partial charge in [0.25, 0.3) is 0 Å². The van der Waals surface area contributed by atoms with Gasteiger partial charge in [-0.1, -0.05) is 66.6 Å². The Morgan fingerprint density at radius 1 is 0.909 bits per heavy atom. The quantitative estimate of drug-likeness (QED) is 0.879. The largest absolute Gasteiger partial charge is 0.216 e. The average Bonchev–Trinajstić information content (AvgIpc) is 2.48. The maximum Gasteiger partial charge on any atom is 0.216 e. The molecule has 4 heteroatoms. The third-order valence-corrected chi connectivity index (χ3v) is 5.04. The summed E-state index contributed by atoms with van der Waals surface area (Å²) in [6.07, 6.45) is 0.718. The van der Waals surface area contributed by atoms with Crippen molar-refractivity contribution >= 4 is 10.0 Å². The second-order valence-electron chi connectivity index (χ2n) is 5.73. The normalized spacial score (nSPS) is 13.0. The summed E-state index contributed by atoms with van der Waals surface area (Å²) in [4.78, 5) is 0. The molecule has 3 nitrogen and oxygen atoms in total. The Bertz CT molecular complexity index is 704. The monoisotopic (exact) mass is 317 g/mol. The summed E-state index contributed by atoms with van der Waals surface area (Å²) >= 11 is 0. The molecule has 0 aliphatic carbocycles. The van der Waals surface area contributed by atoms with Crippen LogP contribution in [0.25, 0.3) is 0 Å². The van der Waals surface area contributed by atoms with Crippen molar-refractivity contribution in [1.29, 1.82) is 0 Å². The molecule has 1 unspecified atom stereocenters. The van der Waals surface area contributed by atoms with Gasteiger partial charge in [-0.2, -0.15) is 0 Å². The third-order valence-electron chi connectivity index (χ3n) is 3.69. The molecular formula is C18H23NO2S. The molecule has 0 heterocycles. The molecule has 1 atom stereocenters. The van der Waals surface area contributed by atoms with E-state index in [9.17, 15) is 8.42 Å². The first kappa shape index (κ1) is 16.7. The van der Waals surface area contributed by atoms with E-state index in [1.807, 2.05) is 69.3 Å². The van der Waals surface area contributed by atoms with Gasteiger partial charge in [0, 0.05) is 6.04 Å². The molecular weight excluding hydrogens is 294 g/mol. The van der Waals surface area contributed by atoms with Gasteiger partial charge in [0.05, 0.1) is 5.75 Å². The highest BCUT2D eigenvalue weighted by Crippen LogP contribution is 2.19. The molecule has 0 aliphatic heterocycles. The Balaban J connectivity index is 2.11. The summed E-state index contributed by atoms with van der Waals surface area (Å²) in [7, 11) is -3.37. The Labute approximate surface area is 133 Å². The third kappa shape index (κ3) is 4.68. The van der Waals surface area contributed by atoms with Crippen LogP contribution in [-0.4, -0.2) is 8.42 Å². The second kappa shape index (κ2) is 7.07. The fourth-order valence-corrected chi connectivity index (χ4v) is 3.80. The first-order chi connectivity index (χ1) is 10.4. The predicted octanol–water partition coefficient (Wildman–Crippen LogP) is 3.87. The topological polar surface area (TPSA) is 46.2 Å². The van der Waals surface area contributed by atoms with Crippen LogP contribution >= 0.6 is 0 Å². The number of sulfonamides is 1. The van der Waals surface area contributed by atoms with E-state index in [2.05, 4.69) is 4.72 Å². The lowest BCUT2D eigenvalue weighted by atomic mass is 10.0. The predicted molar refractivity (Wildman–Crippen MR) is 91.1 cm³/mol. The minimum absolute atomic E-state index is 0.00956. The maximum absolute atomic E-state index is 12.4. The van der Waals surface area contributed by atoms with E-state index in [0.29, 0.717) is 0 Å². The highest BCUT2D eigenvalue weighted by molar-refractivity contribution is 7.88. The van der Waals surface area contributed by atoms with Crippen molar-refractivity contribution in [3.8, 4) is 0 Å². The van der Waals surface area contributed by atoms with E-state index >= 15 is 0 Å². The fourth-order valence-electron chi connectivity index (χ4n) is 2.35. The van der Waals surface area contributed by atoms with E-state index in [-0.39, 0.29) is 11.8 Å². The number of hydrogen-bond donors (Lipinski definition) is 1. The van der Waals surface area contributed by atoms with Crippen molar-refractivity contribution in [2.75, 3.05) is 0 Å². The van der Waals surface area contributed by atoms with Crippen LogP contribution in [0.2, 0.25) is 0 Å². The van der Waals surface area contributed by atoms with Crippen molar-refractivity contribution in [2.24, 2.45) is 0 Å². The summed E-state index contributed by atoms with van der Waals surface area (Å²) in [6, 6.07) is 15.4. The zero-order chi connectivity index (χ0) is 16.2. The molecule has 118 valence electrons. The van der Waals surface area contributed by atoms with E-state index in [4.69, 9.17) is 0 Å². The Hall–Kier alpha value is -1.65. The molecule has 2 aromatic rings. The number of benzene rings is 2. The highest BCUT2D eigenvalue weighted by atomic mass is 32.2. The molecule has 0 amide bonds. The second-order valence-corrected chi connectivity index (χ2v) is 7.49. The Kier molecular flexibility index (Phi) is 5.37. The summed E-state index contributed by atoms with van der Waals surface area (Å²) in [5.41, 5.74) is 4.10. The van der Waals surface area contributed by atoms with E-state index in [0.717, 1.165) is 23.1 Å². The smallest absolute Gasteiger partial charge is 0.212 e. The molecule has 1 N–H and O–H groups in total. The van der Waals surface area contributed by atoms with Gasteiger partial charge < -0.3 is 0 Å². The van der Waals surface area contributed by atoms with Crippen molar-refractivity contribution < 1.29 is 8.42 Å². The number of aryl methyl sites for hydroxylation is 2. The van der Waals surface area contributed by atoms with Gasteiger partial charge in [-0.25, -0.2) is 13.1 Å². The first-order valence-electron chi connectivity index (χ1n) is 7.52. The number of hydrogen-bond acceptors (Lipinski definition) is 2. The van der Waals surface area contributed by atoms with Crippen LogP contribution in [0.1, 0.15) is 41.6 Å². The summed E-state index contributed by atoms with van der Waals surface area (Å²) in [5, 5.41) is 0. The lowest BCUT2D eigenvalue weighted by Crippen LogP contribution is -2.29. The van der Waals surface area contributed by atoms with E-state index < -0.39 is 10.0 Å². The first-order valence-corrected chi connectivity index (χ1v) is 9.17. The molecule has 0 aromatic heterocycles. The van der Waals surface area contributed by atoms with Gasteiger partial charge in [0.15, 0.2) is 0 Å². The zero-order valence-corrected chi connectivity index (χ0v) is 14.2. The average molecular weight is 317 g/mol. The van der Waals surface area contributed by atoms with Crippen LogP contribution < -0.4 is 4.72 Å². The molecule has 0 bridgehead atoms. The minimum Gasteiger partial charge on any atom is -0.212 e. The zero-order valence-electron chi connectivity index (χ0n) is 13.3. The van der Waals surface area contributed by atoms with Crippen LogP contribution in [-0.2, 0) is 15.8 Å². The van der Waals surface area contributed by atoms with Crippen LogP contribution in [0.15, 0.2) is 48.5 Å². The number of rotatable bonds is 6. The summed E-state index contributed by atoms with van der Waals surface area (Å²) in [5.74, 6) is 0.00956. The summed E-state index contributed by atoms with van der Waals surface area (Å²) < 4.78 is 27.6. The van der Waals surface area contributed by atoms with Crippen LogP contribution in [0.4, 0.5) is 0 Å². The van der Waals surface area contributed by atoms with Crippen molar-refractivity contribution in [3.05, 3.63) is 70.8 Å². The lowest BCUT2D eigenvalue weighted by molar-refractivity contribution is 0.549. The minimum atomic E-state index is -3.37. The molecule has 0 saturated heterocycles. The van der Waals surface area contributed by atoms with Crippen molar-refractivity contribution in [2.45, 2.75) is 39.0 Å². The fraction of sp³-hybridized carbons (Fsp3) is 0.333. The van der Waals surface area contributed by atoms with E-state index in [1.54, 1.807) is 0 Å². The molecule has 2 rings (SSSR count). The molecule has 0 saturated carbocycles. The van der Waals surface area contributed by atoms with Gasteiger partial charge in [-0.05, 0) is 31.4 Å². The molecule has 2 aromatic carbocycles. The van der Waals surface area contributed by atoms with Gasteiger partial charge in [0.2, 0.25) is 10.0 Å². The van der Waals surface area contributed by atoms with Crippen molar-refractivity contribution in [1.82, 2.24) is 4.72 Å². The van der Waals surface area contributed by atoms with Crippen LogP contribution in [0.3, 0.4) is 0 Å². The maximum atomic E-state index is 12.4. The number of nitrogens with one attached hydrogen (secondary N) is 1. The molecule has 0 spiro atoms. The van der Waals surface area contributed by atoms with Crippen LogP contribution in [0, 0.1) is 13.8 Å². The van der Waals surface area contributed by atoms with Gasteiger partial charge in [-0.15, -0.1) is 0 Å². The summed E-state index contributed by atoms with van der Waals surface area (Å²) in [6.45, 7) is 5.99. The van der Waals surface area contributed by atoms with Crippen LogP contribution in [0.5, 0.6) is 0 Å². The van der Waals surface area contributed by atoms with Gasteiger partial charge in [-0.3, -0.25) is 0 Å². The molecule has 0 aliphatic rings. The Morgan fingerprint density at radius 3 is 1.91 bits per heavy atom. The standard InChI is InChI=1S/C18H23NO2S/c1-4-18(17-11-7-15(3)8-12-17)19-22(20,21)13-16-9-5-14(2)6-10-16/h5-12,18-19H,4,13H2,1-3H3. The van der Waals surface area contributed by atoms with Crippen molar-refractivity contribution in [3.63, 3.8) is 0 Å². The lowest BCUT2D eigenvalue weighted by Gasteiger charge is -2.18.